The number of carbonyl (C=O) groups is 1. The number of carboxylic acid groups (broad SMARTS) is 1. The lowest BCUT2D eigenvalue weighted by molar-refractivity contribution is 0.119. The van der Waals surface area contributed by atoms with E-state index in [1.165, 1.54) is 11.1 Å². The highest BCUT2D eigenvalue weighted by atomic mass is 16.4. The number of nitrogens with zero attached hydrogens (tertiary/aromatic N) is 1. The Morgan fingerprint density at radius 2 is 1.56 bits per heavy atom. The zero-order chi connectivity index (χ0) is 14.0. The zero-order valence-corrected chi connectivity index (χ0v) is 10.8. The largest absolute Gasteiger partial charge is 0.465 e. The van der Waals surface area contributed by atoms with E-state index in [0.717, 1.165) is 4.90 Å². The highest BCUT2D eigenvalue weighted by Crippen LogP contribution is 2.00. The third-order valence-electron chi connectivity index (χ3n) is 2.18. The third-order valence-corrected chi connectivity index (χ3v) is 2.18. The van der Waals surface area contributed by atoms with Gasteiger partial charge in [-0.25, -0.2) is 4.79 Å². The number of amides is 1. The van der Waals surface area contributed by atoms with Crippen LogP contribution in [-0.4, -0.2) is 52.6 Å². The predicted octanol–water partition coefficient (Wildman–Crippen LogP) is 1.25. The van der Waals surface area contributed by atoms with Crippen LogP contribution in [0.4, 0.5) is 4.79 Å². The van der Waals surface area contributed by atoms with E-state index in [1.54, 1.807) is 0 Å². The molecule has 5 nitrogen and oxygen atoms in total. The van der Waals surface area contributed by atoms with E-state index >= 15 is 0 Å². The lowest BCUT2D eigenvalue weighted by Gasteiger charge is -2.15. The van der Waals surface area contributed by atoms with Crippen LogP contribution in [0.1, 0.15) is 11.1 Å². The average Bonchev–Trinajstić information content (AvgIpc) is 2.29. The molecule has 0 bridgehead atoms. The number of aryl methyl sites for hydroxylation is 2. The third kappa shape index (κ3) is 7.65. The number of hydrogen-bond donors (Lipinski definition) is 3. The van der Waals surface area contributed by atoms with Crippen LogP contribution in [0.2, 0.25) is 0 Å². The van der Waals surface area contributed by atoms with E-state index in [2.05, 4.69) is 38.1 Å². The van der Waals surface area contributed by atoms with E-state index < -0.39 is 6.09 Å². The second-order valence-electron chi connectivity index (χ2n) is 3.87. The topological polar surface area (TPSA) is 81.0 Å². The Hall–Kier alpha value is -1.59. The molecule has 0 aliphatic rings. The van der Waals surface area contributed by atoms with Crippen LogP contribution in [0.25, 0.3) is 0 Å². The number of rotatable bonds is 4. The molecule has 5 heteroatoms. The van der Waals surface area contributed by atoms with Gasteiger partial charge in [-0.15, -0.1) is 0 Å². The van der Waals surface area contributed by atoms with Crippen molar-refractivity contribution in [1.29, 1.82) is 0 Å². The molecule has 0 saturated heterocycles. The maximum atomic E-state index is 10.2. The van der Waals surface area contributed by atoms with E-state index in [0.29, 0.717) is 0 Å². The second-order valence-corrected chi connectivity index (χ2v) is 3.87. The van der Waals surface area contributed by atoms with Crippen LogP contribution in [0.3, 0.4) is 0 Å². The molecule has 0 aromatic heterocycles. The second kappa shape index (κ2) is 9.44. The smallest absolute Gasteiger partial charge is 0.407 e. The Morgan fingerprint density at radius 3 is 1.78 bits per heavy atom. The number of aliphatic hydroxyl groups excluding tert-OH is 2. The lowest BCUT2D eigenvalue weighted by Crippen LogP contribution is -2.34. The molecule has 0 spiro atoms. The Labute approximate surface area is 107 Å². The van der Waals surface area contributed by atoms with Crippen LogP contribution < -0.4 is 0 Å². The summed E-state index contributed by atoms with van der Waals surface area (Å²) >= 11 is 0. The summed E-state index contributed by atoms with van der Waals surface area (Å²) in [5, 5.41) is 25.0. The summed E-state index contributed by atoms with van der Waals surface area (Å²) in [7, 11) is 0. The molecule has 0 heterocycles. The van der Waals surface area contributed by atoms with Crippen molar-refractivity contribution in [3.05, 3.63) is 35.4 Å². The van der Waals surface area contributed by atoms with Crippen molar-refractivity contribution in [3.8, 4) is 0 Å². The van der Waals surface area contributed by atoms with E-state index in [1.807, 2.05) is 0 Å². The highest BCUT2D eigenvalue weighted by Gasteiger charge is 2.08. The van der Waals surface area contributed by atoms with Crippen LogP contribution in [0.5, 0.6) is 0 Å². The van der Waals surface area contributed by atoms with Gasteiger partial charge in [0.1, 0.15) is 0 Å². The highest BCUT2D eigenvalue weighted by molar-refractivity contribution is 5.64. The summed E-state index contributed by atoms with van der Waals surface area (Å²) in [5.74, 6) is 0. The first-order chi connectivity index (χ1) is 8.51. The Bertz CT molecular complexity index is 331. The Kier molecular flexibility index (Phi) is 8.61. The molecule has 1 aromatic rings. The molecular weight excluding hydrogens is 234 g/mol. The van der Waals surface area contributed by atoms with Crippen molar-refractivity contribution in [3.63, 3.8) is 0 Å². The molecule has 0 aliphatic heterocycles. The minimum atomic E-state index is -1.12. The van der Waals surface area contributed by atoms with Crippen LogP contribution in [0, 0.1) is 13.8 Å². The normalized spacial score (nSPS) is 9.33. The SMILES string of the molecule is Cc1cccc(C)c1.O=C(O)N(CCO)CCO. The fourth-order valence-corrected chi connectivity index (χ4v) is 1.35. The summed E-state index contributed by atoms with van der Waals surface area (Å²) in [6.45, 7) is 3.88. The molecule has 1 amide bonds. The molecule has 0 atom stereocenters. The molecule has 18 heavy (non-hydrogen) atoms. The van der Waals surface area contributed by atoms with Crippen molar-refractivity contribution < 1.29 is 20.1 Å². The maximum absolute atomic E-state index is 10.2. The lowest BCUT2D eigenvalue weighted by atomic mass is 10.2. The summed E-state index contributed by atoms with van der Waals surface area (Å²) in [5.41, 5.74) is 2.68. The van der Waals surface area contributed by atoms with E-state index in [9.17, 15) is 4.79 Å². The van der Waals surface area contributed by atoms with Gasteiger partial charge in [0.25, 0.3) is 0 Å². The first kappa shape index (κ1) is 16.4. The molecule has 0 fully saturated rings. The molecule has 3 N–H and O–H groups in total. The van der Waals surface area contributed by atoms with Gasteiger partial charge in [0, 0.05) is 13.1 Å². The van der Waals surface area contributed by atoms with Crippen molar-refractivity contribution in [2.24, 2.45) is 0 Å². The first-order valence-corrected chi connectivity index (χ1v) is 5.74. The fraction of sp³-hybridized carbons (Fsp3) is 0.462. The van der Waals surface area contributed by atoms with Gasteiger partial charge in [-0.05, 0) is 13.8 Å². The van der Waals surface area contributed by atoms with Gasteiger partial charge in [-0.2, -0.15) is 0 Å². The van der Waals surface area contributed by atoms with E-state index in [4.69, 9.17) is 15.3 Å². The van der Waals surface area contributed by atoms with Crippen LogP contribution in [0.15, 0.2) is 24.3 Å². The van der Waals surface area contributed by atoms with E-state index in [-0.39, 0.29) is 26.3 Å². The molecule has 0 unspecified atom stereocenters. The van der Waals surface area contributed by atoms with Crippen LogP contribution in [-0.2, 0) is 0 Å². The Morgan fingerprint density at radius 1 is 1.11 bits per heavy atom. The summed E-state index contributed by atoms with van der Waals surface area (Å²) in [6.07, 6.45) is -1.12. The van der Waals surface area contributed by atoms with Crippen molar-refractivity contribution >= 4 is 6.09 Å². The van der Waals surface area contributed by atoms with Gasteiger partial charge in [-0.3, -0.25) is 0 Å². The van der Waals surface area contributed by atoms with Gasteiger partial charge in [-0.1, -0.05) is 35.4 Å². The molecule has 0 radical (unpaired) electrons. The first-order valence-electron chi connectivity index (χ1n) is 5.74. The number of hydrogen-bond acceptors (Lipinski definition) is 3. The predicted molar refractivity (Wildman–Crippen MR) is 69.7 cm³/mol. The van der Waals surface area contributed by atoms with Gasteiger partial charge in [0.05, 0.1) is 13.2 Å². The standard InChI is InChI=1S/C8H10.C5H11NO4/c1-7-4-3-5-8(2)6-7;7-3-1-6(2-4-8)5(9)10/h3-6H,1-2H3;7-8H,1-4H2,(H,9,10). The summed E-state index contributed by atoms with van der Waals surface area (Å²) in [6, 6.07) is 8.45. The molecule has 1 aromatic carbocycles. The zero-order valence-electron chi connectivity index (χ0n) is 10.8. The number of benzene rings is 1. The van der Waals surface area contributed by atoms with Gasteiger partial charge < -0.3 is 20.2 Å². The molecular formula is C13H21NO4. The van der Waals surface area contributed by atoms with Gasteiger partial charge >= 0.3 is 6.09 Å². The van der Waals surface area contributed by atoms with Crippen molar-refractivity contribution in [1.82, 2.24) is 4.90 Å². The minimum absolute atomic E-state index is 0.0515. The quantitative estimate of drug-likeness (QED) is 0.756. The van der Waals surface area contributed by atoms with Crippen molar-refractivity contribution in [2.75, 3.05) is 26.3 Å². The summed E-state index contributed by atoms with van der Waals surface area (Å²) < 4.78 is 0. The Balaban J connectivity index is 0.000000327. The average molecular weight is 255 g/mol. The van der Waals surface area contributed by atoms with Gasteiger partial charge in [0.15, 0.2) is 0 Å². The van der Waals surface area contributed by atoms with Gasteiger partial charge in [0.2, 0.25) is 0 Å². The number of aliphatic hydroxyl groups is 2. The molecule has 102 valence electrons. The van der Waals surface area contributed by atoms with Crippen LogP contribution >= 0.6 is 0 Å². The fourth-order valence-electron chi connectivity index (χ4n) is 1.35. The molecule has 0 saturated carbocycles. The minimum Gasteiger partial charge on any atom is -0.465 e. The van der Waals surface area contributed by atoms with Crippen molar-refractivity contribution in [2.45, 2.75) is 13.8 Å². The molecule has 1 rings (SSSR count). The summed E-state index contributed by atoms with van der Waals surface area (Å²) in [4.78, 5) is 11.1. The monoisotopic (exact) mass is 255 g/mol. The molecule has 0 aliphatic carbocycles. The maximum Gasteiger partial charge on any atom is 0.407 e.